The summed E-state index contributed by atoms with van der Waals surface area (Å²) < 4.78 is 0. The summed E-state index contributed by atoms with van der Waals surface area (Å²) in [5, 5.41) is 0.00463. The first-order chi connectivity index (χ1) is 2.27. The summed E-state index contributed by atoms with van der Waals surface area (Å²) >= 11 is 4.18. The van der Waals surface area contributed by atoms with Crippen LogP contribution in [0.3, 0.4) is 0 Å². The first-order valence-corrected chi connectivity index (χ1v) is 1.40. The van der Waals surface area contributed by atoms with Crippen molar-refractivity contribution in [1.29, 1.82) is 0 Å². The molecule has 0 atom stereocenters. The minimum absolute atomic E-state index is 0. The fourth-order valence-corrected chi connectivity index (χ4v) is 0. The van der Waals surface area contributed by atoms with Gasteiger partial charge in [-0.15, -0.1) is 0 Å². The van der Waals surface area contributed by atoms with E-state index in [1.165, 1.54) is 0 Å². The summed E-state index contributed by atoms with van der Waals surface area (Å²) in [5.41, 5.74) is 6.51. The van der Waals surface area contributed by atoms with Gasteiger partial charge in [-0.05, 0) is 12.2 Å². The van der Waals surface area contributed by atoms with Gasteiger partial charge in [0.1, 0.15) is 5.11 Å². The summed E-state index contributed by atoms with van der Waals surface area (Å²) in [6.07, 6.45) is 0. The van der Waals surface area contributed by atoms with Crippen LogP contribution in [0.25, 0.3) is 5.84 Å². The molecule has 6 heavy (non-hydrogen) atoms. The molecule has 0 aromatic heterocycles. The van der Waals surface area contributed by atoms with Gasteiger partial charge in [0.05, 0.1) is 0 Å². The van der Waals surface area contributed by atoms with E-state index < -0.39 is 0 Å². The molecule has 0 aliphatic heterocycles. The molecule has 0 unspecified atom stereocenters. The van der Waals surface area contributed by atoms with Crippen molar-refractivity contribution in [1.82, 2.24) is 5.43 Å². The number of hydrogen-bond donors (Lipinski definition) is 2. The van der Waals surface area contributed by atoms with Crippen LogP contribution in [-0.2, 0) is 0 Å². The maximum atomic E-state index is 6.14. The SMILES string of the molecule is [NH-]NC(N)=S.[Na+]. The molecule has 0 rings (SSSR count). The normalized spacial score (nSPS) is 5.50. The molecule has 0 saturated heterocycles. The van der Waals surface area contributed by atoms with Crippen LogP contribution in [0.1, 0.15) is 0 Å². The van der Waals surface area contributed by atoms with E-state index in [0.29, 0.717) is 0 Å². The maximum absolute atomic E-state index is 6.14. The minimum Gasteiger partial charge on any atom is -0.584 e. The molecule has 0 heterocycles. The van der Waals surface area contributed by atoms with Gasteiger partial charge in [-0.3, -0.25) is 0 Å². The Bertz CT molecular complexity index is 46.1. The number of thiocarbonyl (C=S) groups is 1. The molecule has 0 aromatic carbocycles. The molecule has 0 aliphatic rings. The van der Waals surface area contributed by atoms with Crippen LogP contribution >= 0.6 is 12.2 Å². The van der Waals surface area contributed by atoms with E-state index in [-0.39, 0.29) is 34.7 Å². The molecule has 0 bridgehead atoms. The van der Waals surface area contributed by atoms with Crippen LogP contribution in [0, 0.1) is 0 Å². The Hall–Kier alpha value is 0.650. The maximum Gasteiger partial charge on any atom is 1.00 e. The quantitative estimate of drug-likeness (QED) is 0.197. The van der Waals surface area contributed by atoms with Crippen molar-refractivity contribution in [3.63, 3.8) is 0 Å². The summed E-state index contributed by atoms with van der Waals surface area (Å²) in [4.78, 5) is 0. The molecule has 0 radical (unpaired) electrons. The third kappa shape index (κ3) is 8.82. The van der Waals surface area contributed by atoms with Crippen molar-refractivity contribution in [2.75, 3.05) is 0 Å². The third-order valence-electron chi connectivity index (χ3n) is 0.123. The minimum atomic E-state index is 0. The zero-order valence-corrected chi connectivity index (χ0v) is 6.30. The average Bonchev–Trinajstić information content (AvgIpc) is 1.38. The largest absolute Gasteiger partial charge is 1.00 e. The molecule has 0 spiro atoms. The standard InChI is InChI=1S/CH4N3S.Na/c2-1(5)4-3;/h3H,(H3,2,4,5);/q-1;+1. The van der Waals surface area contributed by atoms with Gasteiger partial charge in [0.15, 0.2) is 0 Å². The van der Waals surface area contributed by atoms with Crippen LogP contribution in [0.5, 0.6) is 0 Å². The van der Waals surface area contributed by atoms with E-state index in [0.717, 1.165) is 0 Å². The monoisotopic (exact) mass is 113 g/mol. The summed E-state index contributed by atoms with van der Waals surface area (Å²) in [7, 11) is 0. The van der Waals surface area contributed by atoms with Crippen molar-refractivity contribution in [2.24, 2.45) is 5.73 Å². The predicted octanol–water partition coefficient (Wildman–Crippen LogP) is -3.21. The molecule has 0 saturated carbocycles. The second-order valence-corrected chi connectivity index (χ2v) is 0.929. The van der Waals surface area contributed by atoms with Crippen molar-refractivity contribution in [3.05, 3.63) is 5.84 Å². The molecule has 0 amide bonds. The zero-order valence-electron chi connectivity index (χ0n) is 3.49. The number of nitrogens with two attached hydrogens (primary N) is 1. The molecule has 0 aromatic rings. The summed E-state index contributed by atoms with van der Waals surface area (Å²) in [5.74, 6) is 6.14. The smallest absolute Gasteiger partial charge is 0.584 e. The van der Waals surface area contributed by atoms with Crippen LogP contribution in [0.2, 0.25) is 0 Å². The fraction of sp³-hybridized carbons (Fsp3) is 0. The van der Waals surface area contributed by atoms with E-state index in [9.17, 15) is 0 Å². The Labute approximate surface area is 63.7 Å². The number of hydrogen-bond acceptors (Lipinski definition) is 1. The Balaban J connectivity index is 0. The van der Waals surface area contributed by atoms with E-state index in [4.69, 9.17) is 11.6 Å². The van der Waals surface area contributed by atoms with Crippen molar-refractivity contribution >= 4 is 17.3 Å². The van der Waals surface area contributed by atoms with Gasteiger partial charge in [-0.25, -0.2) is 0 Å². The molecular weight excluding hydrogens is 109 g/mol. The van der Waals surface area contributed by atoms with Gasteiger partial charge in [0, 0.05) is 0 Å². The molecular formula is CH4N3NaS. The van der Waals surface area contributed by atoms with E-state index in [2.05, 4.69) is 12.2 Å². The van der Waals surface area contributed by atoms with Crippen molar-refractivity contribution < 1.29 is 29.6 Å². The topological polar surface area (TPSA) is 61.8 Å². The second kappa shape index (κ2) is 5.65. The van der Waals surface area contributed by atoms with E-state index >= 15 is 0 Å². The third-order valence-corrected chi connectivity index (χ3v) is 0.225. The van der Waals surface area contributed by atoms with Gasteiger partial charge in [-0.2, -0.15) is 0 Å². The molecule has 0 fully saturated rings. The molecule has 4 N–H and O–H groups in total. The zero-order chi connectivity index (χ0) is 4.28. The molecule has 0 aliphatic carbocycles. The summed E-state index contributed by atoms with van der Waals surface area (Å²) in [6.45, 7) is 0. The summed E-state index contributed by atoms with van der Waals surface area (Å²) in [6, 6.07) is 0. The van der Waals surface area contributed by atoms with Gasteiger partial charge in [0.2, 0.25) is 0 Å². The van der Waals surface area contributed by atoms with Crippen LogP contribution in [0.15, 0.2) is 0 Å². The van der Waals surface area contributed by atoms with Crippen molar-refractivity contribution in [2.45, 2.75) is 0 Å². The predicted molar refractivity (Wildman–Crippen MR) is 24.2 cm³/mol. The molecule has 3 nitrogen and oxygen atoms in total. The Morgan fingerprint density at radius 2 is 2.00 bits per heavy atom. The average molecular weight is 113 g/mol. The van der Waals surface area contributed by atoms with Crippen LogP contribution in [0.4, 0.5) is 0 Å². The van der Waals surface area contributed by atoms with Crippen molar-refractivity contribution in [3.8, 4) is 0 Å². The van der Waals surface area contributed by atoms with E-state index in [1.807, 2.05) is 0 Å². The Morgan fingerprint density at radius 3 is 2.00 bits per heavy atom. The van der Waals surface area contributed by atoms with Crippen LogP contribution in [-0.4, -0.2) is 5.11 Å². The van der Waals surface area contributed by atoms with Gasteiger partial charge < -0.3 is 17.0 Å². The Kier molecular flexibility index (Phi) is 9.25. The molecule has 30 valence electrons. The number of nitrogens with one attached hydrogen (secondary N) is 2. The Morgan fingerprint density at radius 1 is 1.83 bits per heavy atom. The fourth-order valence-electron chi connectivity index (χ4n) is 0. The van der Waals surface area contributed by atoms with Gasteiger partial charge in [-0.1, -0.05) is 0 Å². The van der Waals surface area contributed by atoms with E-state index in [1.54, 1.807) is 5.43 Å². The first-order valence-electron chi connectivity index (χ1n) is 0.993. The van der Waals surface area contributed by atoms with Gasteiger partial charge >= 0.3 is 29.6 Å². The second-order valence-electron chi connectivity index (χ2n) is 0.489. The van der Waals surface area contributed by atoms with Gasteiger partial charge in [0.25, 0.3) is 0 Å². The molecule has 5 heteroatoms. The first kappa shape index (κ1) is 9.82. The number of rotatable bonds is 0. The van der Waals surface area contributed by atoms with Crippen LogP contribution < -0.4 is 40.7 Å².